The summed E-state index contributed by atoms with van der Waals surface area (Å²) in [5.74, 6) is -0.492. The Labute approximate surface area is 173 Å². The Kier molecular flexibility index (Phi) is 6.74. The van der Waals surface area contributed by atoms with Gasteiger partial charge in [-0.1, -0.05) is 6.07 Å². The minimum Gasteiger partial charge on any atom is -0.460 e. The molecule has 0 radical (unpaired) electrons. The number of anilines is 1. The molecule has 0 aliphatic rings. The lowest BCUT2D eigenvalue weighted by Gasteiger charge is -2.15. The SMILES string of the molecule is COCCOC(=O)c1ccc(C)c(-c2ccc(C(=O)N(C)c3ccncc3)s2)c1. The van der Waals surface area contributed by atoms with E-state index in [0.29, 0.717) is 17.0 Å². The van der Waals surface area contributed by atoms with Gasteiger partial charge in [-0.05, 0) is 54.4 Å². The second-order valence-corrected chi connectivity index (χ2v) is 7.48. The second kappa shape index (κ2) is 9.45. The van der Waals surface area contributed by atoms with Gasteiger partial charge in [-0.2, -0.15) is 0 Å². The number of carbonyl (C=O) groups excluding carboxylic acids is 2. The third kappa shape index (κ3) is 4.88. The Bertz CT molecular complexity index is 1000. The largest absolute Gasteiger partial charge is 0.460 e. The molecule has 0 aliphatic heterocycles. The molecule has 2 aromatic heterocycles. The summed E-state index contributed by atoms with van der Waals surface area (Å²) in [7, 11) is 3.29. The highest BCUT2D eigenvalue weighted by Crippen LogP contribution is 2.32. The first-order valence-corrected chi connectivity index (χ1v) is 9.88. The van der Waals surface area contributed by atoms with Gasteiger partial charge in [0.2, 0.25) is 0 Å². The molecule has 0 saturated carbocycles. The van der Waals surface area contributed by atoms with E-state index in [1.807, 2.05) is 25.1 Å². The van der Waals surface area contributed by atoms with Gasteiger partial charge in [0, 0.05) is 37.1 Å². The van der Waals surface area contributed by atoms with Gasteiger partial charge in [-0.3, -0.25) is 9.78 Å². The topological polar surface area (TPSA) is 68.7 Å². The van der Waals surface area contributed by atoms with Crippen LogP contribution in [0.15, 0.2) is 54.9 Å². The zero-order valence-electron chi connectivity index (χ0n) is 16.5. The van der Waals surface area contributed by atoms with E-state index in [1.54, 1.807) is 55.7 Å². The minimum absolute atomic E-state index is 0.0970. The van der Waals surface area contributed by atoms with Gasteiger partial charge in [0.15, 0.2) is 0 Å². The van der Waals surface area contributed by atoms with Gasteiger partial charge in [-0.25, -0.2) is 4.79 Å². The number of hydrogen-bond acceptors (Lipinski definition) is 6. The fourth-order valence-corrected chi connectivity index (χ4v) is 3.83. The van der Waals surface area contributed by atoms with Crippen LogP contribution in [0.3, 0.4) is 0 Å². The van der Waals surface area contributed by atoms with Crippen molar-refractivity contribution in [3.8, 4) is 10.4 Å². The maximum atomic E-state index is 12.8. The predicted octanol–water partition coefficient (Wildman–Crippen LogP) is 4.20. The Morgan fingerprint density at radius 2 is 1.83 bits per heavy atom. The van der Waals surface area contributed by atoms with E-state index in [9.17, 15) is 9.59 Å². The maximum absolute atomic E-state index is 12.8. The molecule has 0 fully saturated rings. The van der Waals surface area contributed by atoms with Crippen molar-refractivity contribution in [3.63, 3.8) is 0 Å². The van der Waals surface area contributed by atoms with Crippen molar-refractivity contribution in [1.29, 1.82) is 0 Å². The van der Waals surface area contributed by atoms with Crippen LogP contribution in [0.25, 0.3) is 10.4 Å². The molecule has 1 aromatic carbocycles. The average Bonchev–Trinajstić information content (AvgIpc) is 3.23. The predicted molar refractivity (Wildman–Crippen MR) is 114 cm³/mol. The van der Waals surface area contributed by atoms with E-state index >= 15 is 0 Å². The summed E-state index contributed by atoms with van der Waals surface area (Å²) in [6.07, 6.45) is 3.30. The van der Waals surface area contributed by atoms with E-state index in [1.165, 1.54) is 11.3 Å². The second-order valence-electron chi connectivity index (χ2n) is 6.39. The normalized spacial score (nSPS) is 10.6. The lowest BCUT2D eigenvalue weighted by Crippen LogP contribution is -2.25. The van der Waals surface area contributed by atoms with Crippen LogP contribution in [0.4, 0.5) is 5.69 Å². The number of aryl methyl sites for hydroxylation is 1. The molecule has 2 heterocycles. The first-order chi connectivity index (χ1) is 14.0. The van der Waals surface area contributed by atoms with E-state index in [2.05, 4.69) is 4.98 Å². The monoisotopic (exact) mass is 410 g/mol. The van der Waals surface area contributed by atoms with Crippen molar-refractivity contribution < 1.29 is 19.1 Å². The molecule has 0 unspecified atom stereocenters. The van der Waals surface area contributed by atoms with Crippen LogP contribution >= 0.6 is 11.3 Å². The summed E-state index contributed by atoms with van der Waals surface area (Å²) in [4.78, 5) is 32.2. The summed E-state index contributed by atoms with van der Waals surface area (Å²) in [6.45, 7) is 2.53. The number of esters is 1. The number of ether oxygens (including phenoxy) is 2. The number of aromatic nitrogens is 1. The van der Waals surface area contributed by atoms with E-state index in [0.717, 1.165) is 21.7 Å². The molecule has 150 valence electrons. The molecule has 0 N–H and O–H groups in total. The summed E-state index contributed by atoms with van der Waals surface area (Å²) in [6, 6.07) is 12.7. The fraction of sp³-hybridized carbons (Fsp3) is 0.227. The van der Waals surface area contributed by atoms with Gasteiger partial charge < -0.3 is 14.4 Å². The van der Waals surface area contributed by atoms with Crippen LogP contribution in [0, 0.1) is 6.92 Å². The van der Waals surface area contributed by atoms with E-state index < -0.39 is 5.97 Å². The number of pyridine rings is 1. The molecule has 0 atom stereocenters. The quantitative estimate of drug-likeness (QED) is 0.431. The summed E-state index contributed by atoms with van der Waals surface area (Å²) in [5.41, 5.74) is 3.16. The molecule has 0 saturated heterocycles. The number of thiophene rings is 1. The lowest BCUT2D eigenvalue weighted by molar-refractivity contribution is 0.0388. The van der Waals surface area contributed by atoms with Crippen molar-refractivity contribution in [2.75, 3.05) is 32.3 Å². The molecule has 1 amide bonds. The highest BCUT2D eigenvalue weighted by Gasteiger charge is 2.18. The van der Waals surface area contributed by atoms with Crippen LogP contribution in [0.5, 0.6) is 0 Å². The molecule has 7 heteroatoms. The van der Waals surface area contributed by atoms with Gasteiger partial charge >= 0.3 is 5.97 Å². The minimum atomic E-state index is -0.395. The van der Waals surface area contributed by atoms with Crippen LogP contribution in [-0.4, -0.2) is 44.2 Å². The van der Waals surface area contributed by atoms with Crippen molar-refractivity contribution in [1.82, 2.24) is 4.98 Å². The van der Waals surface area contributed by atoms with Crippen molar-refractivity contribution in [2.24, 2.45) is 0 Å². The Balaban J connectivity index is 1.81. The zero-order chi connectivity index (χ0) is 20.8. The third-order valence-electron chi connectivity index (χ3n) is 4.43. The van der Waals surface area contributed by atoms with Gasteiger partial charge in [-0.15, -0.1) is 11.3 Å². The highest BCUT2D eigenvalue weighted by atomic mass is 32.1. The summed E-state index contributed by atoms with van der Waals surface area (Å²) in [5, 5.41) is 0. The molecule has 3 aromatic rings. The fourth-order valence-electron chi connectivity index (χ4n) is 2.76. The van der Waals surface area contributed by atoms with Crippen LogP contribution < -0.4 is 4.90 Å². The molecular weight excluding hydrogens is 388 g/mol. The number of carbonyl (C=O) groups is 2. The third-order valence-corrected chi connectivity index (χ3v) is 5.54. The Morgan fingerprint density at radius 3 is 2.55 bits per heavy atom. The van der Waals surface area contributed by atoms with Crippen LogP contribution in [0.1, 0.15) is 25.6 Å². The summed E-state index contributed by atoms with van der Waals surface area (Å²) >= 11 is 1.39. The average molecular weight is 410 g/mol. The Morgan fingerprint density at radius 1 is 1.07 bits per heavy atom. The van der Waals surface area contributed by atoms with Gasteiger partial charge in [0.1, 0.15) is 6.61 Å². The Hall–Kier alpha value is -3.03. The first kappa shape index (κ1) is 20.7. The molecule has 6 nitrogen and oxygen atoms in total. The number of hydrogen-bond donors (Lipinski definition) is 0. The van der Waals surface area contributed by atoms with Gasteiger partial charge in [0.05, 0.1) is 17.0 Å². The number of methoxy groups -OCH3 is 1. The van der Waals surface area contributed by atoms with Crippen molar-refractivity contribution >= 4 is 28.9 Å². The summed E-state index contributed by atoms with van der Waals surface area (Å²) < 4.78 is 10.1. The highest BCUT2D eigenvalue weighted by molar-refractivity contribution is 7.17. The zero-order valence-corrected chi connectivity index (χ0v) is 17.4. The van der Waals surface area contributed by atoms with Crippen molar-refractivity contribution in [3.05, 3.63) is 70.9 Å². The molecular formula is C22H22N2O4S. The number of rotatable bonds is 7. The first-order valence-electron chi connectivity index (χ1n) is 9.06. The molecule has 3 rings (SSSR count). The molecule has 0 bridgehead atoms. The molecule has 0 aliphatic carbocycles. The smallest absolute Gasteiger partial charge is 0.338 e. The maximum Gasteiger partial charge on any atom is 0.338 e. The number of nitrogens with zero attached hydrogens (tertiary/aromatic N) is 2. The van der Waals surface area contributed by atoms with Gasteiger partial charge in [0.25, 0.3) is 5.91 Å². The standard InChI is InChI=1S/C22H22N2O4S/c1-15-4-5-16(22(26)28-13-12-27-3)14-18(15)19-6-7-20(29-19)21(25)24(2)17-8-10-23-11-9-17/h4-11,14H,12-13H2,1-3H3. The van der Waals surface area contributed by atoms with E-state index in [4.69, 9.17) is 9.47 Å². The van der Waals surface area contributed by atoms with Crippen LogP contribution in [-0.2, 0) is 9.47 Å². The van der Waals surface area contributed by atoms with Crippen molar-refractivity contribution in [2.45, 2.75) is 6.92 Å². The van der Waals surface area contributed by atoms with Crippen LogP contribution in [0.2, 0.25) is 0 Å². The molecule has 0 spiro atoms. The lowest BCUT2D eigenvalue weighted by atomic mass is 10.0. The molecule has 29 heavy (non-hydrogen) atoms. The number of benzene rings is 1. The van der Waals surface area contributed by atoms with E-state index in [-0.39, 0.29) is 12.5 Å². The number of amides is 1.